The van der Waals surface area contributed by atoms with Gasteiger partial charge in [0.2, 0.25) is 0 Å². The van der Waals surface area contributed by atoms with Gasteiger partial charge in [-0.25, -0.2) is 0 Å². The summed E-state index contributed by atoms with van der Waals surface area (Å²) in [5.74, 6) is 0. The molecule has 30 heavy (non-hydrogen) atoms. The molecular formula is C27H35N3. The maximum Gasteiger partial charge on any atom is 0.0305 e. The summed E-state index contributed by atoms with van der Waals surface area (Å²) in [4.78, 5) is 12.9. The van der Waals surface area contributed by atoms with E-state index in [1.807, 2.05) is 49.3 Å². The van der Waals surface area contributed by atoms with Gasteiger partial charge in [0.05, 0.1) is 0 Å². The molecule has 0 atom stereocenters. The van der Waals surface area contributed by atoms with Crippen molar-refractivity contribution in [2.45, 2.75) is 76.5 Å². The molecule has 3 nitrogen and oxygen atoms in total. The molecule has 3 rings (SSSR count). The molecule has 0 unspecified atom stereocenters. The molecule has 0 aromatic carbocycles. The highest BCUT2D eigenvalue weighted by Crippen LogP contribution is 2.41. The molecule has 3 heterocycles. The van der Waals surface area contributed by atoms with Gasteiger partial charge in [0.25, 0.3) is 0 Å². The lowest BCUT2D eigenvalue weighted by atomic mass is 9.67. The molecule has 0 aliphatic heterocycles. The molecule has 0 radical (unpaired) electrons. The van der Waals surface area contributed by atoms with E-state index in [1.54, 1.807) is 0 Å². The molecule has 0 fully saturated rings. The molecule has 0 aliphatic rings. The summed E-state index contributed by atoms with van der Waals surface area (Å²) in [5.41, 5.74) is 4.24. The fourth-order valence-corrected chi connectivity index (χ4v) is 4.16. The maximum absolute atomic E-state index is 4.34. The van der Waals surface area contributed by atoms with E-state index in [9.17, 15) is 0 Å². The minimum Gasteiger partial charge on any atom is -0.265 e. The maximum atomic E-state index is 4.34. The third-order valence-corrected chi connectivity index (χ3v) is 6.87. The molecule has 3 heteroatoms. The van der Waals surface area contributed by atoms with Crippen LogP contribution < -0.4 is 0 Å². The van der Waals surface area contributed by atoms with E-state index >= 15 is 0 Å². The van der Waals surface area contributed by atoms with E-state index in [0.29, 0.717) is 0 Å². The number of hydrogen-bond donors (Lipinski definition) is 0. The standard InChI is InChI=1S/C27H35N3/c1-25(2,23-8-6-16-29-20-23)12-14-27(5,22-10-18-28-19-11-22)15-13-26(3,4)24-9-7-17-30-21-24/h6-11,16-21H,12-15H2,1-5H3. The second-order valence-electron chi connectivity index (χ2n) is 10.0. The first-order chi connectivity index (χ1) is 14.2. The molecule has 0 amide bonds. The number of hydrogen-bond acceptors (Lipinski definition) is 3. The van der Waals surface area contributed by atoms with Crippen molar-refractivity contribution in [3.05, 3.63) is 90.3 Å². The van der Waals surface area contributed by atoms with Crippen molar-refractivity contribution in [3.63, 3.8) is 0 Å². The van der Waals surface area contributed by atoms with E-state index in [-0.39, 0.29) is 16.2 Å². The number of nitrogens with zero attached hydrogens (tertiary/aromatic N) is 3. The van der Waals surface area contributed by atoms with Crippen LogP contribution in [0.4, 0.5) is 0 Å². The first-order valence-corrected chi connectivity index (χ1v) is 10.9. The van der Waals surface area contributed by atoms with Gasteiger partial charge in [0.1, 0.15) is 0 Å². The first-order valence-electron chi connectivity index (χ1n) is 10.9. The minimum atomic E-state index is 0.0847. The van der Waals surface area contributed by atoms with Crippen LogP contribution in [0.5, 0.6) is 0 Å². The first kappa shape index (κ1) is 22.1. The molecule has 0 bridgehead atoms. The van der Waals surface area contributed by atoms with Crippen LogP contribution in [0.3, 0.4) is 0 Å². The van der Waals surface area contributed by atoms with Crippen molar-refractivity contribution in [1.29, 1.82) is 0 Å². The summed E-state index contributed by atoms with van der Waals surface area (Å²) in [5, 5.41) is 0. The molecule has 0 aliphatic carbocycles. The van der Waals surface area contributed by atoms with Crippen LogP contribution in [0.15, 0.2) is 73.6 Å². The highest BCUT2D eigenvalue weighted by molar-refractivity contribution is 5.25. The highest BCUT2D eigenvalue weighted by Gasteiger charge is 2.33. The summed E-state index contributed by atoms with van der Waals surface area (Å²) in [6.45, 7) is 11.7. The van der Waals surface area contributed by atoms with E-state index < -0.39 is 0 Å². The van der Waals surface area contributed by atoms with Gasteiger partial charge in [-0.05, 0) is 82.9 Å². The predicted molar refractivity (Wildman–Crippen MR) is 125 cm³/mol. The topological polar surface area (TPSA) is 38.7 Å². The summed E-state index contributed by atoms with van der Waals surface area (Å²) in [6.07, 6.45) is 16.0. The lowest BCUT2D eigenvalue weighted by Gasteiger charge is -2.37. The third-order valence-electron chi connectivity index (χ3n) is 6.87. The van der Waals surface area contributed by atoms with Crippen LogP contribution in [-0.4, -0.2) is 15.0 Å². The molecule has 0 saturated heterocycles. The minimum absolute atomic E-state index is 0.0847. The molecule has 0 spiro atoms. The number of pyridine rings is 3. The molecule has 158 valence electrons. The number of aromatic nitrogens is 3. The Hall–Kier alpha value is -2.55. The molecular weight excluding hydrogens is 366 g/mol. The zero-order chi connectivity index (χ0) is 21.7. The van der Waals surface area contributed by atoms with Crippen molar-refractivity contribution in [1.82, 2.24) is 15.0 Å². The van der Waals surface area contributed by atoms with E-state index in [2.05, 4.69) is 73.8 Å². The second-order valence-corrected chi connectivity index (χ2v) is 10.0. The van der Waals surface area contributed by atoms with Gasteiger partial charge >= 0.3 is 0 Å². The summed E-state index contributed by atoms with van der Waals surface area (Å²) in [7, 11) is 0. The Bertz CT molecular complexity index is 847. The van der Waals surface area contributed by atoms with E-state index in [1.165, 1.54) is 16.7 Å². The van der Waals surface area contributed by atoms with Gasteiger partial charge in [0, 0.05) is 37.2 Å². The zero-order valence-electron chi connectivity index (χ0n) is 19.1. The fourth-order valence-electron chi connectivity index (χ4n) is 4.16. The SMILES string of the molecule is CC(C)(CCC(C)(CCC(C)(C)c1cccnc1)c1ccncc1)c1cccnc1. The summed E-state index contributed by atoms with van der Waals surface area (Å²) >= 11 is 0. The zero-order valence-corrected chi connectivity index (χ0v) is 19.1. The second kappa shape index (κ2) is 9.07. The van der Waals surface area contributed by atoms with Crippen molar-refractivity contribution in [2.75, 3.05) is 0 Å². The van der Waals surface area contributed by atoms with Crippen molar-refractivity contribution in [3.8, 4) is 0 Å². The van der Waals surface area contributed by atoms with Crippen molar-refractivity contribution >= 4 is 0 Å². The Kier molecular flexibility index (Phi) is 6.70. The molecule has 0 saturated carbocycles. The Labute approximate surface area is 182 Å². The van der Waals surface area contributed by atoms with Crippen molar-refractivity contribution in [2.24, 2.45) is 0 Å². The van der Waals surface area contributed by atoms with Gasteiger partial charge in [-0.2, -0.15) is 0 Å². The van der Waals surface area contributed by atoms with Crippen LogP contribution in [0, 0.1) is 0 Å². The van der Waals surface area contributed by atoms with Crippen LogP contribution in [0.2, 0.25) is 0 Å². The Balaban J connectivity index is 1.80. The van der Waals surface area contributed by atoms with E-state index in [0.717, 1.165) is 25.7 Å². The van der Waals surface area contributed by atoms with Crippen LogP contribution in [-0.2, 0) is 16.2 Å². The predicted octanol–water partition coefficient (Wildman–Crippen LogP) is 6.65. The average Bonchev–Trinajstić information content (AvgIpc) is 2.78. The quantitative estimate of drug-likeness (QED) is 0.403. The third kappa shape index (κ3) is 5.33. The lowest BCUT2D eigenvalue weighted by molar-refractivity contribution is 0.301. The smallest absolute Gasteiger partial charge is 0.0305 e. The normalized spacial score (nSPS) is 12.7. The van der Waals surface area contributed by atoms with Gasteiger partial charge < -0.3 is 0 Å². The largest absolute Gasteiger partial charge is 0.265 e. The summed E-state index contributed by atoms with van der Waals surface area (Å²) in [6, 6.07) is 12.8. The van der Waals surface area contributed by atoms with Crippen LogP contribution >= 0.6 is 0 Å². The van der Waals surface area contributed by atoms with Crippen LogP contribution in [0.1, 0.15) is 77.0 Å². The number of rotatable bonds is 9. The molecule has 3 aromatic rings. The van der Waals surface area contributed by atoms with Crippen molar-refractivity contribution < 1.29 is 0 Å². The Morgan fingerprint density at radius 3 is 1.40 bits per heavy atom. The molecule has 0 N–H and O–H groups in total. The Morgan fingerprint density at radius 1 is 0.533 bits per heavy atom. The van der Waals surface area contributed by atoms with Crippen LogP contribution in [0.25, 0.3) is 0 Å². The summed E-state index contributed by atoms with van der Waals surface area (Å²) < 4.78 is 0. The Morgan fingerprint density at radius 2 is 1.00 bits per heavy atom. The van der Waals surface area contributed by atoms with Gasteiger partial charge in [0.15, 0.2) is 0 Å². The van der Waals surface area contributed by atoms with Gasteiger partial charge in [-0.15, -0.1) is 0 Å². The monoisotopic (exact) mass is 401 g/mol. The molecule has 3 aromatic heterocycles. The lowest BCUT2D eigenvalue weighted by Crippen LogP contribution is -2.30. The van der Waals surface area contributed by atoms with Gasteiger partial charge in [-0.1, -0.05) is 46.8 Å². The fraction of sp³-hybridized carbons (Fsp3) is 0.444. The highest BCUT2D eigenvalue weighted by atomic mass is 14.6. The average molecular weight is 402 g/mol. The van der Waals surface area contributed by atoms with Gasteiger partial charge in [-0.3, -0.25) is 15.0 Å². The van der Waals surface area contributed by atoms with E-state index in [4.69, 9.17) is 0 Å².